The van der Waals surface area contributed by atoms with Crippen molar-refractivity contribution in [2.24, 2.45) is 0 Å². The van der Waals surface area contributed by atoms with E-state index in [1.54, 1.807) is 7.11 Å². The zero-order valence-electron chi connectivity index (χ0n) is 13.0. The Kier molecular flexibility index (Phi) is 7.94. The summed E-state index contributed by atoms with van der Waals surface area (Å²) in [5.41, 5.74) is -0.642. The number of rotatable bonds is 9. The number of nitrogens with zero attached hydrogens (tertiary/aromatic N) is 2. The fourth-order valence-electron chi connectivity index (χ4n) is 2.39. The smallest absolute Gasteiger partial charge is 0.0900 e. The van der Waals surface area contributed by atoms with Gasteiger partial charge in [0.15, 0.2) is 0 Å². The average Bonchev–Trinajstić information content (AvgIpc) is 2.35. The largest absolute Gasteiger partial charge is 0.389 e. The van der Waals surface area contributed by atoms with Crippen LogP contribution in [0.4, 0.5) is 0 Å². The van der Waals surface area contributed by atoms with Crippen LogP contribution in [0.1, 0.15) is 13.8 Å². The first-order valence-corrected chi connectivity index (χ1v) is 7.32. The van der Waals surface area contributed by atoms with Crippen molar-refractivity contribution in [1.82, 2.24) is 9.80 Å². The summed E-state index contributed by atoms with van der Waals surface area (Å²) in [7, 11) is 1.63. The van der Waals surface area contributed by atoms with Gasteiger partial charge in [-0.05, 0) is 13.8 Å². The van der Waals surface area contributed by atoms with Crippen molar-refractivity contribution in [1.29, 1.82) is 0 Å². The number of aliphatic hydroxyl groups is 2. The molecular formula is C14H30N2O4. The van der Waals surface area contributed by atoms with E-state index >= 15 is 0 Å². The minimum absolute atomic E-state index is 0.354. The number of hydrogen-bond donors (Lipinski definition) is 2. The Morgan fingerprint density at radius 1 is 1.10 bits per heavy atom. The van der Waals surface area contributed by atoms with Gasteiger partial charge in [0, 0.05) is 46.4 Å². The van der Waals surface area contributed by atoms with Crippen LogP contribution in [0.15, 0.2) is 0 Å². The van der Waals surface area contributed by atoms with Crippen molar-refractivity contribution < 1.29 is 19.7 Å². The number of aliphatic hydroxyl groups excluding tert-OH is 1. The second-order valence-electron chi connectivity index (χ2n) is 6.11. The molecule has 20 heavy (non-hydrogen) atoms. The average molecular weight is 290 g/mol. The van der Waals surface area contributed by atoms with E-state index in [2.05, 4.69) is 9.80 Å². The van der Waals surface area contributed by atoms with Crippen molar-refractivity contribution in [3.05, 3.63) is 0 Å². The summed E-state index contributed by atoms with van der Waals surface area (Å²) in [6.45, 7) is 10.1. The van der Waals surface area contributed by atoms with E-state index in [1.807, 2.05) is 13.8 Å². The lowest BCUT2D eigenvalue weighted by molar-refractivity contribution is -0.0156. The zero-order chi connectivity index (χ0) is 15.0. The summed E-state index contributed by atoms with van der Waals surface area (Å²) in [4.78, 5) is 4.50. The summed E-state index contributed by atoms with van der Waals surface area (Å²) < 4.78 is 10.2. The van der Waals surface area contributed by atoms with E-state index in [0.717, 1.165) is 26.2 Å². The van der Waals surface area contributed by atoms with Crippen LogP contribution < -0.4 is 0 Å². The lowest BCUT2D eigenvalue weighted by Gasteiger charge is -2.37. The number of β-amino-alcohol motifs (C(OH)–C–C–N with tert-alkyl or cyclic N) is 2. The molecule has 1 rings (SSSR count). The van der Waals surface area contributed by atoms with Crippen LogP contribution in [0.25, 0.3) is 0 Å². The van der Waals surface area contributed by atoms with Gasteiger partial charge < -0.3 is 19.7 Å². The molecule has 0 radical (unpaired) electrons. The molecule has 6 heteroatoms. The molecule has 0 aromatic heterocycles. The van der Waals surface area contributed by atoms with Crippen molar-refractivity contribution in [3.8, 4) is 0 Å². The van der Waals surface area contributed by atoms with Gasteiger partial charge in [-0.1, -0.05) is 0 Å². The van der Waals surface area contributed by atoms with Gasteiger partial charge in [-0.2, -0.15) is 0 Å². The first-order valence-electron chi connectivity index (χ1n) is 7.32. The van der Waals surface area contributed by atoms with Gasteiger partial charge in [0.25, 0.3) is 0 Å². The molecular weight excluding hydrogens is 260 g/mol. The third-order valence-electron chi connectivity index (χ3n) is 3.29. The molecule has 120 valence electrons. The highest BCUT2D eigenvalue weighted by atomic mass is 16.5. The molecule has 0 amide bonds. The van der Waals surface area contributed by atoms with Crippen LogP contribution >= 0.6 is 0 Å². The van der Waals surface area contributed by atoms with E-state index in [1.165, 1.54) is 0 Å². The van der Waals surface area contributed by atoms with Gasteiger partial charge in [0.05, 0.1) is 31.5 Å². The third kappa shape index (κ3) is 8.14. The molecule has 0 aromatic rings. The van der Waals surface area contributed by atoms with Crippen molar-refractivity contribution in [2.45, 2.75) is 25.6 Å². The topological polar surface area (TPSA) is 65.4 Å². The van der Waals surface area contributed by atoms with Gasteiger partial charge in [-0.15, -0.1) is 0 Å². The predicted octanol–water partition coefficient (Wildman–Crippen LogP) is -0.601. The Morgan fingerprint density at radius 3 is 2.25 bits per heavy atom. The fraction of sp³-hybridized carbons (Fsp3) is 1.00. The molecule has 0 bridgehead atoms. The van der Waals surface area contributed by atoms with Gasteiger partial charge >= 0.3 is 0 Å². The van der Waals surface area contributed by atoms with E-state index in [-0.39, 0.29) is 0 Å². The zero-order valence-corrected chi connectivity index (χ0v) is 13.0. The number of hydrogen-bond acceptors (Lipinski definition) is 6. The lowest BCUT2D eigenvalue weighted by Crippen LogP contribution is -2.52. The number of piperazine rings is 1. The van der Waals surface area contributed by atoms with Crippen molar-refractivity contribution in [2.75, 3.05) is 66.2 Å². The van der Waals surface area contributed by atoms with E-state index in [4.69, 9.17) is 9.47 Å². The van der Waals surface area contributed by atoms with Crippen molar-refractivity contribution >= 4 is 0 Å². The standard InChI is InChI=1S/C14H30N2O4/c1-14(2,18)12-16-6-4-15(5-7-16)10-13(17)11-20-9-8-19-3/h13,17-18H,4-12H2,1-3H3. The highest BCUT2D eigenvalue weighted by Crippen LogP contribution is 2.09. The molecule has 2 N–H and O–H groups in total. The molecule has 1 aliphatic rings. The first-order chi connectivity index (χ1) is 9.40. The monoisotopic (exact) mass is 290 g/mol. The molecule has 0 saturated carbocycles. The van der Waals surface area contributed by atoms with Crippen LogP contribution in [0.3, 0.4) is 0 Å². The van der Waals surface area contributed by atoms with Crippen molar-refractivity contribution in [3.63, 3.8) is 0 Å². The highest BCUT2D eigenvalue weighted by molar-refractivity contribution is 4.78. The van der Waals surface area contributed by atoms with Crippen LogP contribution in [-0.2, 0) is 9.47 Å². The maximum atomic E-state index is 9.89. The minimum Gasteiger partial charge on any atom is -0.389 e. The maximum Gasteiger partial charge on any atom is 0.0900 e. The van der Waals surface area contributed by atoms with Gasteiger partial charge in [-0.25, -0.2) is 0 Å². The molecule has 0 aliphatic carbocycles. The maximum absolute atomic E-state index is 9.89. The lowest BCUT2D eigenvalue weighted by atomic mass is 10.1. The van der Waals surface area contributed by atoms with Crippen LogP contribution in [0.2, 0.25) is 0 Å². The second kappa shape index (κ2) is 8.92. The van der Waals surface area contributed by atoms with E-state index < -0.39 is 11.7 Å². The Bertz CT molecular complexity index is 250. The van der Waals surface area contributed by atoms with Gasteiger partial charge in [0.1, 0.15) is 0 Å². The minimum atomic E-state index is -0.642. The van der Waals surface area contributed by atoms with Crippen LogP contribution in [-0.4, -0.2) is 97.9 Å². The highest BCUT2D eigenvalue weighted by Gasteiger charge is 2.23. The fourth-order valence-corrected chi connectivity index (χ4v) is 2.39. The molecule has 0 spiro atoms. The Labute approximate surface area is 122 Å². The molecule has 1 atom stereocenters. The molecule has 1 aliphatic heterocycles. The summed E-state index contributed by atoms with van der Waals surface area (Å²) in [6, 6.07) is 0. The Morgan fingerprint density at radius 2 is 1.70 bits per heavy atom. The molecule has 0 aromatic carbocycles. The molecule has 6 nitrogen and oxygen atoms in total. The third-order valence-corrected chi connectivity index (χ3v) is 3.29. The summed E-state index contributed by atoms with van der Waals surface area (Å²) in [5.74, 6) is 0. The normalized spacial score (nSPS) is 20.2. The summed E-state index contributed by atoms with van der Waals surface area (Å²) >= 11 is 0. The molecule has 1 saturated heterocycles. The van der Waals surface area contributed by atoms with E-state index in [0.29, 0.717) is 32.9 Å². The second-order valence-corrected chi connectivity index (χ2v) is 6.11. The van der Waals surface area contributed by atoms with E-state index in [9.17, 15) is 10.2 Å². The first kappa shape index (κ1) is 17.8. The number of ether oxygens (including phenoxy) is 2. The van der Waals surface area contributed by atoms with Crippen LogP contribution in [0.5, 0.6) is 0 Å². The molecule has 1 heterocycles. The Hall–Kier alpha value is -0.240. The predicted molar refractivity (Wildman–Crippen MR) is 77.9 cm³/mol. The Balaban J connectivity index is 2.12. The van der Waals surface area contributed by atoms with Gasteiger partial charge in [0.2, 0.25) is 0 Å². The van der Waals surface area contributed by atoms with Crippen LogP contribution in [0, 0.1) is 0 Å². The molecule has 1 unspecified atom stereocenters. The van der Waals surface area contributed by atoms with Gasteiger partial charge in [-0.3, -0.25) is 9.80 Å². The summed E-state index contributed by atoms with van der Waals surface area (Å²) in [5, 5.41) is 19.7. The molecule has 1 fully saturated rings. The quantitative estimate of drug-likeness (QED) is 0.553. The summed E-state index contributed by atoms with van der Waals surface area (Å²) in [6.07, 6.45) is -0.451. The SMILES string of the molecule is COCCOCC(O)CN1CCN(CC(C)(C)O)CC1. The number of methoxy groups -OCH3 is 1.